The van der Waals surface area contributed by atoms with Gasteiger partial charge in [-0.05, 0) is 69.7 Å². The molecule has 0 spiro atoms. The summed E-state index contributed by atoms with van der Waals surface area (Å²) in [7, 11) is 1.95. The number of fused-ring (bicyclic) bond motifs is 2. The van der Waals surface area contributed by atoms with Crippen LogP contribution in [0.2, 0.25) is 0 Å². The molecule has 0 aromatic carbocycles. The largest absolute Gasteiger partial charge is 0.387 e. The lowest BCUT2D eigenvalue weighted by molar-refractivity contribution is -0.0384. The van der Waals surface area contributed by atoms with E-state index in [2.05, 4.69) is 69.0 Å². The van der Waals surface area contributed by atoms with E-state index < -0.39 is 24.5 Å². The van der Waals surface area contributed by atoms with Crippen LogP contribution in [0.4, 0.5) is 23.5 Å². The van der Waals surface area contributed by atoms with Gasteiger partial charge in [-0.3, -0.25) is 9.13 Å². The Balaban J connectivity index is 0.810. The fourth-order valence-electron chi connectivity index (χ4n) is 9.41. The number of aliphatic hydroxyl groups excluding tert-OH is 2. The summed E-state index contributed by atoms with van der Waals surface area (Å²) in [6.45, 7) is 8.97. The minimum absolute atomic E-state index is 0.0447. The van der Waals surface area contributed by atoms with Crippen LogP contribution in [-0.2, 0) is 49.0 Å². The number of ether oxygens (including phenoxy) is 2. The molecule has 2 saturated heterocycles. The van der Waals surface area contributed by atoms with Gasteiger partial charge in [0.2, 0.25) is 23.5 Å². The van der Waals surface area contributed by atoms with Gasteiger partial charge in [0.15, 0.2) is 46.3 Å². The molecule has 0 bridgehead atoms. The first kappa shape index (κ1) is 46.1. The van der Waals surface area contributed by atoms with Crippen molar-refractivity contribution in [2.75, 3.05) is 34.4 Å². The van der Waals surface area contributed by atoms with Gasteiger partial charge in [0.25, 0.3) is 0 Å². The summed E-state index contributed by atoms with van der Waals surface area (Å²) in [5.41, 5.74) is 4.12. The average Bonchev–Trinajstić information content (AvgIpc) is 4.24. The van der Waals surface area contributed by atoms with Crippen molar-refractivity contribution in [2.24, 2.45) is 7.05 Å². The monoisotopic (exact) mass is 975 g/mol. The Morgan fingerprint density at radius 3 is 1.80 bits per heavy atom. The maximum absolute atomic E-state index is 11.3. The van der Waals surface area contributed by atoms with E-state index in [-0.39, 0.29) is 30.2 Å². The summed E-state index contributed by atoms with van der Waals surface area (Å²) in [5, 5.41) is 62.0. The Bertz CT molecular complexity index is 3070. The van der Waals surface area contributed by atoms with Crippen LogP contribution in [0.5, 0.6) is 0 Å². The maximum Gasteiger partial charge on any atom is 0.226 e. The summed E-state index contributed by atoms with van der Waals surface area (Å²) < 4.78 is 20.3. The van der Waals surface area contributed by atoms with E-state index in [1.807, 2.05) is 53.3 Å². The third-order valence-corrected chi connectivity index (χ3v) is 13.3. The highest BCUT2D eigenvalue weighted by Gasteiger charge is 2.47. The number of aliphatic hydroxyl groups is 2. The number of nitrogens with one attached hydrogen (secondary N) is 4. The Morgan fingerprint density at radius 1 is 0.620 bits per heavy atom. The average molecular weight is 975 g/mol. The molecule has 10 heterocycles. The second kappa shape index (κ2) is 19.8. The number of hydrogen-bond donors (Lipinski definition) is 6. The van der Waals surface area contributed by atoms with Crippen molar-refractivity contribution >= 4 is 45.9 Å². The Morgan fingerprint density at radius 2 is 1.21 bits per heavy atom. The molecular weight excluding hydrogens is 917 g/mol. The summed E-state index contributed by atoms with van der Waals surface area (Å²) in [6, 6.07) is 0.132. The van der Waals surface area contributed by atoms with E-state index in [0.29, 0.717) is 90.7 Å². The highest BCUT2D eigenvalue weighted by Crippen LogP contribution is 2.41. The molecule has 28 heteroatoms. The zero-order valence-electron chi connectivity index (χ0n) is 39.9. The van der Waals surface area contributed by atoms with Crippen LogP contribution in [0.1, 0.15) is 107 Å². The van der Waals surface area contributed by atoms with Gasteiger partial charge in [0, 0.05) is 64.0 Å². The predicted molar refractivity (Wildman–Crippen MR) is 253 cm³/mol. The second-order valence-corrected chi connectivity index (χ2v) is 18.1. The van der Waals surface area contributed by atoms with E-state index in [1.54, 1.807) is 28.3 Å². The number of aromatic nitrogens is 20. The van der Waals surface area contributed by atoms with Gasteiger partial charge in [-0.15, -0.1) is 20.4 Å². The van der Waals surface area contributed by atoms with Crippen molar-refractivity contribution in [2.45, 2.75) is 141 Å². The first-order chi connectivity index (χ1) is 34.7. The summed E-state index contributed by atoms with van der Waals surface area (Å²) in [5.74, 6) is 2.76. The SMILES string of the molecule is CCn1cnc(CCNc2nc(NC3CCC(Nc4nc(NCCc5cn(C)cn5)nc5c4ncn5C4CC[C@@H](c5nnn(CC)n5)O4)CC3)c3ncn(C4O[C@H](c5nnn(CC)n5)[C@@H](O)[C@H]4O)c3n2)c1. The minimum Gasteiger partial charge on any atom is -0.387 e. The zero-order valence-corrected chi connectivity index (χ0v) is 39.9. The smallest absolute Gasteiger partial charge is 0.226 e. The van der Waals surface area contributed by atoms with Crippen molar-refractivity contribution in [3.63, 3.8) is 0 Å². The van der Waals surface area contributed by atoms with Crippen molar-refractivity contribution < 1.29 is 19.7 Å². The standard InChI is InChI=1S/C43H58N24O4/c1-5-63-19-27(47-21-63)15-17-45-43-53-37(31-40(55-43)65(23-49-31)41-33(69)32(68)34(71-41)38-57-61-67(7-3)59-38)51-25-10-8-24(9-11-25)50-36-30-39(54-42(52-36)44-16-14-26-18-62(4)20-46-26)64(22-48-30)29-13-12-28(70-29)35-56-60-66(6-2)58-35/h18-25,28-29,32-34,41,68-69H,5-17H2,1-4H3,(H2,44,50,52,54)(H2,45,51,53,55)/t24?,25?,28-,29?,32-,33+,34-,41?/m0/s1. The van der Waals surface area contributed by atoms with Crippen LogP contribution < -0.4 is 21.3 Å². The van der Waals surface area contributed by atoms with Gasteiger partial charge >= 0.3 is 0 Å². The third-order valence-electron chi connectivity index (χ3n) is 13.3. The van der Waals surface area contributed by atoms with Crippen LogP contribution >= 0.6 is 0 Å². The highest BCUT2D eigenvalue weighted by atomic mass is 16.6. The fourth-order valence-corrected chi connectivity index (χ4v) is 9.41. The molecule has 0 radical (unpaired) electrons. The lowest BCUT2D eigenvalue weighted by atomic mass is 9.91. The second-order valence-electron chi connectivity index (χ2n) is 18.1. The van der Waals surface area contributed by atoms with Crippen molar-refractivity contribution in [3.05, 3.63) is 60.7 Å². The van der Waals surface area contributed by atoms with Crippen LogP contribution in [0.3, 0.4) is 0 Å². The Kier molecular flexibility index (Phi) is 12.9. The van der Waals surface area contributed by atoms with Gasteiger partial charge in [0.05, 0.1) is 49.8 Å². The van der Waals surface area contributed by atoms with Crippen LogP contribution in [0.15, 0.2) is 37.7 Å². The molecule has 8 aromatic rings. The topological polar surface area (TPSA) is 317 Å². The van der Waals surface area contributed by atoms with Gasteiger partial charge < -0.3 is 50.1 Å². The first-order valence-corrected chi connectivity index (χ1v) is 24.4. The number of imidazole rings is 4. The van der Waals surface area contributed by atoms with Crippen molar-refractivity contribution in [3.8, 4) is 0 Å². The van der Waals surface area contributed by atoms with Crippen molar-refractivity contribution in [1.29, 1.82) is 0 Å². The van der Waals surface area contributed by atoms with E-state index in [0.717, 1.165) is 56.5 Å². The molecule has 71 heavy (non-hydrogen) atoms. The number of nitrogens with zero attached hydrogens (tertiary/aromatic N) is 20. The van der Waals surface area contributed by atoms with Gasteiger partial charge in [-0.1, -0.05) is 0 Å². The lowest BCUT2D eigenvalue weighted by Crippen LogP contribution is -2.33. The van der Waals surface area contributed by atoms with Gasteiger partial charge in [-0.2, -0.15) is 29.5 Å². The minimum atomic E-state index is -1.34. The molecule has 0 amide bonds. The lowest BCUT2D eigenvalue weighted by Gasteiger charge is -2.30. The number of tetrazole rings is 2. The first-order valence-electron chi connectivity index (χ1n) is 24.4. The molecular formula is C43H58N24O4. The van der Waals surface area contributed by atoms with Crippen molar-refractivity contribution in [1.82, 2.24) is 98.6 Å². The van der Waals surface area contributed by atoms with E-state index in [4.69, 9.17) is 39.4 Å². The quantitative estimate of drug-likeness (QED) is 0.0676. The van der Waals surface area contributed by atoms with Crippen LogP contribution in [-0.4, -0.2) is 146 Å². The summed E-state index contributed by atoms with van der Waals surface area (Å²) >= 11 is 0. The number of aryl methyl sites for hydroxylation is 4. The molecule has 6 N–H and O–H groups in total. The van der Waals surface area contributed by atoms with Crippen LogP contribution in [0.25, 0.3) is 22.3 Å². The molecule has 6 atom stereocenters. The van der Waals surface area contributed by atoms with Gasteiger partial charge in [0.1, 0.15) is 24.5 Å². The van der Waals surface area contributed by atoms with Gasteiger partial charge in [-0.25, -0.2) is 19.9 Å². The van der Waals surface area contributed by atoms with E-state index >= 15 is 0 Å². The molecule has 374 valence electrons. The molecule has 3 aliphatic rings. The number of anilines is 4. The molecule has 2 unspecified atom stereocenters. The fraction of sp³-hybridized carbons (Fsp3) is 0.581. The highest BCUT2D eigenvalue weighted by molar-refractivity contribution is 5.85. The van der Waals surface area contributed by atoms with E-state index in [1.165, 1.54) is 4.80 Å². The normalized spacial score (nSPS) is 23.6. The predicted octanol–water partition coefficient (Wildman–Crippen LogP) is 2.12. The molecule has 1 aliphatic carbocycles. The summed E-state index contributed by atoms with van der Waals surface area (Å²) in [4.78, 5) is 41.3. The maximum atomic E-state index is 11.3. The van der Waals surface area contributed by atoms with Crippen LogP contribution in [0, 0.1) is 0 Å². The molecule has 2 aliphatic heterocycles. The molecule has 28 nitrogen and oxygen atoms in total. The molecule has 3 fully saturated rings. The number of rotatable bonds is 19. The zero-order chi connectivity index (χ0) is 48.6. The molecule has 11 rings (SSSR count). The molecule has 1 saturated carbocycles. The number of hydrogen-bond acceptors (Lipinski definition) is 22. The third kappa shape index (κ3) is 9.53. The Labute approximate surface area is 406 Å². The Hall–Kier alpha value is -7.30. The molecule has 8 aromatic heterocycles. The summed E-state index contributed by atoms with van der Waals surface area (Å²) in [6.07, 6.45) is 11.7. The van der Waals surface area contributed by atoms with E-state index in [9.17, 15) is 10.2 Å².